The van der Waals surface area contributed by atoms with Crippen LogP contribution in [0.1, 0.15) is 24.0 Å². The Hall–Kier alpha value is -1.00. The Morgan fingerprint density at radius 1 is 1.42 bits per heavy atom. The molecule has 0 saturated heterocycles. The monoisotopic (exact) mass is 278 g/mol. The minimum atomic E-state index is -0.349. The van der Waals surface area contributed by atoms with Gasteiger partial charge in [-0.25, -0.2) is 0 Å². The fourth-order valence-electron chi connectivity index (χ4n) is 2.49. The van der Waals surface area contributed by atoms with Crippen molar-refractivity contribution in [3.63, 3.8) is 0 Å². The summed E-state index contributed by atoms with van der Waals surface area (Å²) in [6.45, 7) is 1.53. The zero-order valence-corrected chi connectivity index (χ0v) is 12.3. The van der Waals surface area contributed by atoms with Gasteiger partial charge in [0.05, 0.1) is 6.04 Å². The number of rotatable bonds is 4. The first-order valence-electron chi connectivity index (χ1n) is 6.82. The summed E-state index contributed by atoms with van der Waals surface area (Å²) in [7, 11) is 0. The summed E-state index contributed by atoms with van der Waals surface area (Å²) in [5.74, 6) is 1.04. The predicted molar refractivity (Wildman–Crippen MR) is 81.2 cm³/mol. The maximum absolute atomic E-state index is 12.4. The number of nitrogens with zero attached hydrogens (tertiary/aromatic N) is 1. The SMILES string of the molecule is CSCC[C@@H](N)C(=O)N1CCCc2ccccc2C1. The molecule has 1 aromatic rings. The van der Waals surface area contributed by atoms with Crippen LogP contribution in [0.3, 0.4) is 0 Å². The van der Waals surface area contributed by atoms with Crippen molar-refractivity contribution >= 4 is 17.7 Å². The van der Waals surface area contributed by atoms with Crippen molar-refractivity contribution in [2.45, 2.75) is 31.8 Å². The minimum Gasteiger partial charge on any atom is -0.337 e. The van der Waals surface area contributed by atoms with Gasteiger partial charge < -0.3 is 10.6 Å². The topological polar surface area (TPSA) is 46.3 Å². The van der Waals surface area contributed by atoms with Crippen LogP contribution in [-0.2, 0) is 17.8 Å². The highest BCUT2D eigenvalue weighted by atomic mass is 32.2. The van der Waals surface area contributed by atoms with E-state index in [0.717, 1.165) is 31.6 Å². The van der Waals surface area contributed by atoms with Crippen LogP contribution in [0.25, 0.3) is 0 Å². The van der Waals surface area contributed by atoms with Crippen molar-refractivity contribution in [2.24, 2.45) is 5.73 Å². The molecule has 0 saturated carbocycles. The highest BCUT2D eigenvalue weighted by Gasteiger charge is 2.23. The molecule has 3 nitrogen and oxygen atoms in total. The van der Waals surface area contributed by atoms with Crippen molar-refractivity contribution in [1.29, 1.82) is 0 Å². The van der Waals surface area contributed by atoms with E-state index in [4.69, 9.17) is 5.73 Å². The number of carbonyl (C=O) groups is 1. The molecular formula is C15H22N2OS. The fourth-order valence-corrected chi connectivity index (χ4v) is 2.98. The third-order valence-corrected chi connectivity index (χ3v) is 4.26. The van der Waals surface area contributed by atoms with Gasteiger partial charge in [-0.1, -0.05) is 24.3 Å². The van der Waals surface area contributed by atoms with E-state index in [1.54, 1.807) is 11.8 Å². The molecule has 1 aliphatic heterocycles. The predicted octanol–water partition coefficient (Wildman–Crippen LogP) is 2.04. The molecule has 0 aromatic heterocycles. The maximum atomic E-state index is 12.4. The molecule has 1 aliphatic rings. The van der Waals surface area contributed by atoms with Crippen molar-refractivity contribution in [3.8, 4) is 0 Å². The van der Waals surface area contributed by atoms with Gasteiger partial charge >= 0.3 is 0 Å². The lowest BCUT2D eigenvalue weighted by molar-refractivity contribution is -0.133. The molecule has 1 amide bonds. The second kappa shape index (κ2) is 6.96. The summed E-state index contributed by atoms with van der Waals surface area (Å²) in [6.07, 6.45) is 4.88. The molecule has 0 unspecified atom stereocenters. The molecule has 0 fully saturated rings. The first kappa shape index (κ1) is 14.4. The maximum Gasteiger partial charge on any atom is 0.239 e. The molecule has 1 aromatic carbocycles. The van der Waals surface area contributed by atoms with Gasteiger partial charge in [0, 0.05) is 13.1 Å². The van der Waals surface area contributed by atoms with E-state index >= 15 is 0 Å². The number of aryl methyl sites for hydroxylation is 1. The standard InChI is InChI=1S/C15H22N2OS/c1-19-10-8-14(16)15(18)17-9-4-7-12-5-2-3-6-13(12)11-17/h2-3,5-6,14H,4,7-11,16H2,1H3/t14-/m1/s1. The number of thioether (sulfide) groups is 1. The number of benzene rings is 1. The van der Waals surface area contributed by atoms with Crippen molar-refractivity contribution in [3.05, 3.63) is 35.4 Å². The van der Waals surface area contributed by atoms with Gasteiger partial charge in [0.15, 0.2) is 0 Å². The summed E-state index contributed by atoms with van der Waals surface area (Å²) in [6, 6.07) is 8.05. The summed E-state index contributed by atoms with van der Waals surface area (Å²) < 4.78 is 0. The smallest absolute Gasteiger partial charge is 0.239 e. The first-order valence-corrected chi connectivity index (χ1v) is 8.22. The summed E-state index contributed by atoms with van der Waals surface area (Å²) >= 11 is 1.74. The molecule has 1 atom stereocenters. The zero-order chi connectivity index (χ0) is 13.7. The molecule has 4 heteroatoms. The molecule has 0 bridgehead atoms. The van der Waals surface area contributed by atoms with Crippen LogP contribution in [0, 0.1) is 0 Å². The van der Waals surface area contributed by atoms with E-state index in [2.05, 4.69) is 18.2 Å². The molecule has 0 aliphatic carbocycles. The van der Waals surface area contributed by atoms with Crippen LogP contribution >= 0.6 is 11.8 Å². The van der Waals surface area contributed by atoms with Gasteiger partial charge in [-0.15, -0.1) is 0 Å². The van der Waals surface area contributed by atoms with Gasteiger partial charge in [0.1, 0.15) is 0 Å². The number of hydrogen-bond acceptors (Lipinski definition) is 3. The lowest BCUT2D eigenvalue weighted by atomic mass is 10.0. The molecule has 1 heterocycles. The zero-order valence-electron chi connectivity index (χ0n) is 11.5. The Balaban J connectivity index is 2.03. The number of carbonyl (C=O) groups excluding carboxylic acids is 1. The average Bonchev–Trinajstić information content (AvgIpc) is 2.66. The summed E-state index contributed by atoms with van der Waals surface area (Å²) in [5, 5.41) is 0. The summed E-state index contributed by atoms with van der Waals surface area (Å²) in [5.41, 5.74) is 8.64. The Kier molecular flexibility index (Phi) is 5.28. The second-order valence-electron chi connectivity index (χ2n) is 5.02. The van der Waals surface area contributed by atoms with Gasteiger partial charge in [-0.05, 0) is 42.4 Å². The largest absolute Gasteiger partial charge is 0.337 e. The van der Waals surface area contributed by atoms with Gasteiger partial charge in [-0.2, -0.15) is 11.8 Å². The van der Waals surface area contributed by atoms with Gasteiger partial charge in [0.2, 0.25) is 5.91 Å². The van der Waals surface area contributed by atoms with Crippen molar-refractivity contribution < 1.29 is 4.79 Å². The molecule has 104 valence electrons. The van der Waals surface area contributed by atoms with Crippen LogP contribution in [0.5, 0.6) is 0 Å². The third-order valence-electron chi connectivity index (χ3n) is 3.62. The van der Waals surface area contributed by atoms with Crippen LogP contribution in [0.2, 0.25) is 0 Å². The van der Waals surface area contributed by atoms with Crippen LogP contribution < -0.4 is 5.73 Å². The van der Waals surface area contributed by atoms with Crippen LogP contribution in [0.4, 0.5) is 0 Å². The van der Waals surface area contributed by atoms with Crippen LogP contribution in [-0.4, -0.2) is 35.4 Å². The Bertz CT molecular complexity index is 436. The molecule has 19 heavy (non-hydrogen) atoms. The van der Waals surface area contributed by atoms with E-state index in [1.807, 2.05) is 17.2 Å². The number of hydrogen-bond donors (Lipinski definition) is 1. The van der Waals surface area contributed by atoms with E-state index in [-0.39, 0.29) is 11.9 Å². The lowest BCUT2D eigenvalue weighted by Gasteiger charge is -2.24. The molecular weight excluding hydrogens is 256 g/mol. The second-order valence-corrected chi connectivity index (χ2v) is 6.01. The average molecular weight is 278 g/mol. The van der Waals surface area contributed by atoms with E-state index in [1.165, 1.54) is 11.1 Å². The lowest BCUT2D eigenvalue weighted by Crippen LogP contribution is -2.43. The van der Waals surface area contributed by atoms with Crippen molar-refractivity contribution in [2.75, 3.05) is 18.6 Å². The van der Waals surface area contributed by atoms with E-state index < -0.39 is 0 Å². The quantitative estimate of drug-likeness (QED) is 0.917. The number of amides is 1. The van der Waals surface area contributed by atoms with E-state index in [9.17, 15) is 4.79 Å². The fraction of sp³-hybridized carbons (Fsp3) is 0.533. The Labute approximate surface area is 119 Å². The van der Waals surface area contributed by atoms with Gasteiger partial charge in [-0.3, -0.25) is 4.79 Å². The molecule has 2 N–H and O–H groups in total. The third kappa shape index (κ3) is 3.74. The number of fused-ring (bicyclic) bond motifs is 1. The highest BCUT2D eigenvalue weighted by Crippen LogP contribution is 2.19. The number of nitrogens with two attached hydrogens (primary N) is 1. The van der Waals surface area contributed by atoms with Crippen molar-refractivity contribution in [1.82, 2.24) is 4.90 Å². The Morgan fingerprint density at radius 3 is 2.89 bits per heavy atom. The molecule has 2 rings (SSSR count). The summed E-state index contributed by atoms with van der Waals surface area (Å²) in [4.78, 5) is 14.3. The van der Waals surface area contributed by atoms with Crippen LogP contribution in [0.15, 0.2) is 24.3 Å². The molecule has 0 radical (unpaired) electrons. The van der Waals surface area contributed by atoms with E-state index in [0.29, 0.717) is 6.54 Å². The first-order chi connectivity index (χ1) is 9.22. The highest BCUT2D eigenvalue weighted by molar-refractivity contribution is 7.98. The Morgan fingerprint density at radius 2 is 2.16 bits per heavy atom. The normalized spacial score (nSPS) is 16.6. The minimum absolute atomic E-state index is 0.103. The van der Waals surface area contributed by atoms with Gasteiger partial charge in [0.25, 0.3) is 0 Å². The molecule has 0 spiro atoms.